The normalized spacial score (nSPS) is 24.7. The smallest absolute Gasteiger partial charge is 0.391 e. The van der Waals surface area contributed by atoms with Crippen molar-refractivity contribution in [2.24, 2.45) is 11.8 Å². The van der Waals surface area contributed by atoms with Crippen molar-refractivity contribution >= 4 is 17.3 Å². The van der Waals surface area contributed by atoms with E-state index in [-0.39, 0.29) is 24.8 Å². The van der Waals surface area contributed by atoms with Crippen LogP contribution in [0.25, 0.3) is 0 Å². The molecule has 1 aliphatic heterocycles. The highest BCUT2D eigenvalue weighted by Crippen LogP contribution is 2.37. The maximum absolute atomic E-state index is 12.8. The van der Waals surface area contributed by atoms with Crippen molar-refractivity contribution in [3.63, 3.8) is 0 Å². The topological polar surface area (TPSA) is 52.6 Å². The van der Waals surface area contributed by atoms with Gasteiger partial charge < -0.3 is 15.3 Å². The van der Waals surface area contributed by atoms with Crippen molar-refractivity contribution in [1.29, 1.82) is 0 Å². The summed E-state index contributed by atoms with van der Waals surface area (Å²) < 4.78 is 38.3. The Morgan fingerprint density at radius 3 is 2.40 bits per heavy atom. The van der Waals surface area contributed by atoms with Gasteiger partial charge in [0, 0.05) is 30.5 Å². The molecule has 2 aliphatic rings. The van der Waals surface area contributed by atoms with Crippen LogP contribution in [-0.2, 0) is 4.79 Å². The van der Waals surface area contributed by atoms with Crippen molar-refractivity contribution < 1.29 is 23.1 Å². The molecule has 0 unspecified atom stereocenters. The monoisotopic (exact) mass is 356 g/mol. The molecule has 1 saturated heterocycles. The molecule has 3 rings (SSSR count). The Hall–Kier alpha value is -1.92. The maximum Gasteiger partial charge on any atom is 0.391 e. The number of carboxylic acids is 1. The summed E-state index contributed by atoms with van der Waals surface area (Å²) in [5, 5.41) is 12.2. The number of piperidine rings is 1. The summed E-state index contributed by atoms with van der Waals surface area (Å²) in [6, 6.07) is 6.03. The number of benzene rings is 1. The van der Waals surface area contributed by atoms with Gasteiger partial charge in [0.25, 0.3) is 0 Å². The third-order valence-electron chi connectivity index (χ3n) is 5.35. The molecular formula is C18H23F3N2O2. The second-order valence-electron chi connectivity index (χ2n) is 7.15. The third-order valence-corrected chi connectivity index (χ3v) is 5.35. The van der Waals surface area contributed by atoms with Gasteiger partial charge in [-0.3, -0.25) is 4.79 Å². The van der Waals surface area contributed by atoms with Gasteiger partial charge in [-0.15, -0.1) is 0 Å². The largest absolute Gasteiger partial charge is 0.481 e. The van der Waals surface area contributed by atoms with E-state index in [0.29, 0.717) is 25.9 Å². The van der Waals surface area contributed by atoms with E-state index >= 15 is 0 Å². The molecule has 138 valence electrons. The molecule has 0 amide bonds. The van der Waals surface area contributed by atoms with E-state index in [9.17, 15) is 18.0 Å². The number of anilines is 2. The summed E-state index contributed by atoms with van der Waals surface area (Å²) >= 11 is 0. The molecule has 1 saturated carbocycles. The van der Waals surface area contributed by atoms with Crippen LogP contribution >= 0.6 is 0 Å². The highest BCUT2D eigenvalue weighted by Gasteiger charge is 2.41. The first-order valence-electron chi connectivity index (χ1n) is 8.65. The van der Waals surface area contributed by atoms with Gasteiger partial charge in [0.2, 0.25) is 0 Å². The van der Waals surface area contributed by atoms with Crippen LogP contribution < -0.4 is 10.2 Å². The van der Waals surface area contributed by atoms with Gasteiger partial charge in [-0.1, -0.05) is 0 Å². The van der Waals surface area contributed by atoms with E-state index in [2.05, 4.69) is 5.32 Å². The number of alkyl halides is 3. The lowest BCUT2D eigenvalue weighted by atomic mass is 9.80. The number of nitrogens with one attached hydrogen (secondary N) is 1. The average molecular weight is 356 g/mol. The molecule has 7 heteroatoms. The first-order valence-corrected chi connectivity index (χ1v) is 8.65. The van der Waals surface area contributed by atoms with Gasteiger partial charge in [0.15, 0.2) is 0 Å². The van der Waals surface area contributed by atoms with Gasteiger partial charge in [-0.25, -0.2) is 0 Å². The van der Waals surface area contributed by atoms with Crippen molar-refractivity contribution in [1.82, 2.24) is 0 Å². The van der Waals surface area contributed by atoms with Crippen LogP contribution in [0.15, 0.2) is 18.2 Å². The molecule has 0 spiro atoms. The minimum atomic E-state index is -4.09. The van der Waals surface area contributed by atoms with Crippen molar-refractivity contribution in [2.75, 3.05) is 23.3 Å². The lowest BCUT2D eigenvalue weighted by Gasteiger charge is -2.36. The highest BCUT2D eigenvalue weighted by atomic mass is 19.4. The quantitative estimate of drug-likeness (QED) is 0.855. The van der Waals surface area contributed by atoms with E-state index in [1.807, 2.05) is 30.0 Å². The standard InChI is InChI=1S/C18H23F3N2O2/c1-11-8-14(22-15-9-12(10-15)17(24)25)2-3-16(11)23-6-4-13(5-7-23)18(19,20)21/h2-3,8,12-13,15,22H,4-7,9-10H2,1H3,(H,24,25). The van der Waals surface area contributed by atoms with Crippen molar-refractivity contribution in [3.05, 3.63) is 23.8 Å². The highest BCUT2D eigenvalue weighted by molar-refractivity contribution is 5.72. The predicted molar refractivity (Wildman–Crippen MR) is 89.9 cm³/mol. The summed E-state index contributed by atoms with van der Waals surface area (Å²) in [6.45, 7) is 2.79. The molecule has 1 heterocycles. The molecule has 1 aromatic carbocycles. The average Bonchev–Trinajstić information content (AvgIpc) is 2.49. The van der Waals surface area contributed by atoms with Crippen LogP contribution in [0.2, 0.25) is 0 Å². The number of nitrogens with zero attached hydrogens (tertiary/aromatic N) is 1. The van der Waals surface area contributed by atoms with E-state index < -0.39 is 18.1 Å². The number of hydrogen-bond donors (Lipinski definition) is 2. The van der Waals surface area contributed by atoms with E-state index in [1.54, 1.807) is 0 Å². The van der Waals surface area contributed by atoms with Crippen LogP contribution in [0.5, 0.6) is 0 Å². The van der Waals surface area contributed by atoms with Gasteiger partial charge in [-0.05, 0) is 56.4 Å². The van der Waals surface area contributed by atoms with Crippen LogP contribution in [0.4, 0.5) is 24.5 Å². The Bertz CT molecular complexity index is 634. The van der Waals surface area contributed by atoms with Crippen LogP contribution in [0, 0.1) is 18.8 Å². The zero-order valence-corrected chi connectivity index (χ0v) is 14.1. The van der Waals surface area contributed by atoms with Crippen LogP contribution in [0.3, 0.4) is 0 Å². The van der Waals surface area contributed by atoms with Gasteiger partial charge in [-0.2, -0.15) is 13.2 Å². The number of hydrogen-bond acceptors (Lipinski definition) is 3. The summed E-state index contributed by atoms with van der Waals surface area (Å²) in [4.78, 5) is 12.9. The van der Waals surface area contributed by atoms with Crippen LogP contribution in [0.1, 0.15) is 31.2 Å². The lowest BCUT2D eigenvalue weighted by Crippen LogP contribution is -2.40. The molecule has 2 N–H and O–H groups in total. The molecule has 4 nitrogen and oxygen atoms in total. The number of rotatable bonds is 4. The zero-order valence-electron chi connectivity index (χ0n) is 14.1. The molecule has 0 bridgehead atoms. The van der Waals surface area contributed by atoms with E-state index in [4.69, 9.17) is 5.11 Å². The van der Waals surface area contributed by atoms with E-state index in [0.717, 1.165) is 16.9 Å². The number of aryl methyl sites for hydroxylation is 1. The summed E-state index contributed by atoms with van der Waals surface area (Å²) in [5.41, 5.74) is 2.92. The SMILES string of the molecule is Cc1cc(NC2CC(C(=O)O)C2)ccc1N1CCC(C(F)(F)F)CC1. The Kier molecular flexibility index (Phi) is 4.84. The summed E-state index contributed by atoms with van der Waals surface area (Å²) in [7, 11) is 0. The Balaban J connectivity index is 1.57. The lowest BCUT2D eigenvalue weighted by molar-refractivity contribution is -0.179. The molecule has 0 atom stereocenters. The number of halogens is 3. The van der Waals surface area contributed by atoms with Crippen molar-refractivity contribution in [3.8, 4) is 0 Å². The molecule has 0 aromatic heterocycles. The second-order valence-corrected chi connectivity index (χ2v) is 7.15. The summed E-state index contributed by atoms with van der Waals surface area (Å²) in [5.74, 6) is -2.19. The third kappa shape index (κ3) is 4.02. The number of carboxylic acid groups (broad SMARTS) is 1. The minimum Gasteiger partial charge on any atom is -0.481 e. The Morgan fingerprint density at radius 1 is 1.24 bits per heavy atom. The zero-order chi connectivity index (χ0) is 18.2. The van der Waals surface area contributed by atoms with E-state index in [1.165, 1.54) is 0 Å². The first kappa shape index (κ1) is 17.9. The fraction of sp³-hybridized carbons (Fsp3) is 0.611. The molecule has 25 heavy (non-hydrogen) atoms. The molecular weight excluding hydrogens is 333 g/mol. The van der Waals surface area contributed by atoms with Gasteiger partial charge in [0.05, 0.1) is 11.8 Å². The fourth-order valence-electron chi connectivity index (χ4n) is 3.72. The molecule has 0 radical (unpaired) electrons. The number of aliphatic carboxylic acids is 1. The maximum atomic E-state index is 12.8. The fourth-order valence-corrected chi connectivity index (χ4v) is 3.72. The second kappa shape index (κ2) is 6.77. The summed E-state index contributed by atoms with van der Waals surface area (Å²) in [6.07, 6.45) is -2.56. The molecule has 1 aliphatic carbocycles. The number of carbonyl (C=O) groups is 1. The van der Waals surface area contributed by atoms with Crippen LogP contribution in [-0.4, -0.2) is 36.4 Å². The molecule has 1 aromatic rings. The van der Waals surface area contributed by atoms with Gasteiger partial charge >= 0.3 is 12.1 Å². The Labute approximate surface area is 145 Å². The predicted octanol–water partition coefficient (Wildman–Crippen LogP) is 4.05. The minimum absolute atomic E-state index is 0.140. The van der Waals surface area contributed by atoms with Gasteiger partial charge in [0.1, 0.15) is 0 Å². The first-order chi connectivity index (χ1) is 11.7. The van der Waals surface area contributed by atoms with Crippen molar-refractivity contribution in [2.45, 2.75) is 44.8 Å². The Morgan fingerprint density at radius 2 is 1.88 bits per heavy atom. The molecule has 2 fully saturated rings.